The lowest BCUT2D eigenvalue weighted by atomic mass is 9.87. The molecule has 1 aliphatic heterocycles. The fraction of sp³-hybridized carbons (Fsp3) is 0.500. The Morgan fingerprint density at radius 3 is 2.50 bits per heavy atom. The lowest BCUT2D eigenvalue weighted by molar-refractivity contribution is -0.139. The number of rotatable bonds is 3. The molecule has 2 fully saturated rings. The number of hydrazine groups is 1. The summed E-state index contributed by atoms with van der Waals surface area (Å²) in [5.74, 6) is -0.185. The van der Waals surface area contributed by atoms with E-state index in [2.05, 4.69) is 16.8 Å². The second-order valence-corrected chi connectivity index (χ2v) is 6.62. The summed E-state index contributed by atoms with van der Waals surface area (Å²) < 4.78 is 0. The summed E-state index contributed by atoms with van der Waals surface area (Å²) in [5.41, 5.74) is 3.77. The average Bonchev–Trinajstić information content (AvgIpc) is 2.76. The predicted molar refractivity (Wildman–Crippen MR) is 89.7 cm³/mol. The number of nitrogens with zero attached hydrogens (tertiary/aromatic N) is 2. The quantitative estimate of drug-likeness (QED) is 0.893. The standard InChI is InChI=1S/C18H22N4O2/c19-12-14-5-7-15(8-6-14)20-13-17(24)22-18(11-16(23)21-22)9-3-1-2-4-10-18/h5-8,20H,1-4,9-11,13H2,(H,21,23). The third kappa shape index (κ3) is 3.35. The van der Waals surface area contributed by atoms with Gasteiger partial charge in [0.05, 0.1) is 30.1 Å². The van der Waals surface area contributed by atoms with Gasteiger partial charge in [0.1, 0.15) is 0 Å². The van der Waals surface area contributed by atoms with Crippen molar-refractivity contribution < 1.29 is 9.59 Å². The highest BCUT2D eigenvalue weighted by Crippen LogP contribution is 2.37. The molecule has 24 heavy (non-hydrogen) atoms. The van der Waals surface area contributed by atoms with Crippen LogP contribution in [0.5, 0.6) is 0 Å². The van der Waals surface area contributed by atoms with Crippen LogP contribution in [0.4, 0.5) is 5.69 Å². The molecule has 1 heterocycles. The number of amides is 2. The first-order valence-corrected chi connectivity index (χ1v) is 8.50. The second kappa shape index (κ2) is 6.91. The van der Waals surface area contributed by atoms with Crippen LogP contribution >= 0.6 is 0 Å². The first kappa shape index (κ1) is 16.3. The van der Waals surface area contributed by atoms with Crippen LogP contribution in [0.15, 0.2) is 24.3 Å². The topological polar surface area (TPSA) is 85.2 Å². The van der Waals surface area contributed by atoms with Gasteiger partial charge in [-0.3, -0.25) is 15.0 Å². The fourth-order valence-corrected chi connectivity index (χ4v) is 3.69. The Kier molecular flexibility index (Phi) is 4.70. The molecule has 6 heteroatoms. The molecule has 3 rings (SSSR count). The van der Waals surface area contributed by atoms with Crippen molar-refractivity contribution in [2.75, 3.05) is 11.9 Å². The maximum Gasteiger partial charge on any atom is 0.260 e. The van der Waals surface area contributed by atoms with E-state index in [1.54, 1.807) is 29.3 Å². The van der Waals surface area contributed by atoms with E-state index >= 15 is 0 Å². The molecule has 1 aromatic rings. The zero-order valence-electron chi connectivity index (χ0n) is 13.7. The summed E-state index contributed by atoms with van der Waals surface area (Å²) in [6.07, 6.45) is 6.63. The highest BCUT2D eigenvalue weighted by Gasteiger charge is 2.47. The maximum atomic E-state index is 12.7. The molecule has 0 unspecified atom stereocenters. The lowest BCUT2D eigenvalue weighted by Crippen LogP contribution is -2.53. The Morgan fingerprint density at radius 2 is 1.88 bits per heavy atom. The normalized spacial score (nSPS) is 19.5. The largest absolute Gasteiger partial charge is 0.376 e. The minimum absolute atomic E-state index is 0.0661. The van der Waals surface area contributed by atoms with E-state index in [0.29, 0.717) is 12.0 Å². The molecular weight excluding hydrogens is 304 g/mol. The van der Waals surface area contributed by atoms with Crippen molar-refractivity contribution in [3.05, 3.63) is 29.8 Å². The van der Waals surface area contributed by atoms with Crippen LogP contribution in [-0.2, 0) is 9.59 Å². The van der Waals surface area contributed by atoms with Crippen molar-refractivity contribution in [1.29, 1.82) is 5.26 Å². The molecule has 2 amide bonds. The SMILES string of the molecule is N#Cc1ccc(NCC(=O)N2NC(=O)CC23CCCCCC3)cc1. The Labute approximate surface area is 141 Å². The second-order valence-electron chi connectivity index (χ2n) is 6.62. The van der Waals surface area contributed by atoms with E-state index in [1.165, 1.54) is 12.8 Å². The molecule has 2 aliphatic rings. The van der Waals surface area contributed by atoms with Crippen molar-refractivity contribution in [1.82, 2.24) is 10.4 Å². The van der Waals surface area contributed by atoms with Crippen LogP contribution in [0.3, 0.4) is 0 Å². The highest BCUT2D eigenvalue weighted by molar-refractivity contribution is 5.89. The van der Waals surface area contributed by atoms with Crippen molar-refractivity contribution in [2.24, 2.45) is 0 Å². The van der Waals surface area contributed by atoms with Crippen molar-refractivity contribution >= 4 is 17.5 Å². The van der Waals surface area contributed by atoms with Gasteiger partial charge < -0.3 is 5.32 Å². The summed E-state index contributed by atoms with van der Waals surface area (Å²) >= 11 is 0. The third-order valence-electron chi connectivity index (χ3n) is 4.94. The Hall–Kier alpha value is -2.55. The average molecular weight is 326 g/mol. The van der Waals surface area contributed by atoms with Gasteiger partial charge in [-0.05, 0) is 37.1 Å². The van der Waals surface area contributed by atoms with Crippen molar-refractivity contribution in [3.63, 3.8) is 0 Å². The number of benzene rings is 1. The van der Waals surface area contributed by atoms with Gasteiger partial charge in [0.2, 0.25) is 5.91 Å². The summed E-state index contributed by atoms with van der Waals surface area (Å²) in [7, 11) is 0. The number of anilines is 1. The molecule has 0 aromatic heterocycles. The number of hydrogen-bond acceptors (Lipinski definition) is 4. The molecule has 0 radical (unpaired) electrons. The molecule has 0 atom stereocenters. The lowest BCUT2D eigenvalue weighted by Gasteiger charge is -2.36. The van der Waals surface area contributed by atoms with E-state index in [9.17, 15) is 9.59 Å². The molecule has 1 saturated heterocycles. The van der Waals surface area contributed by atoms with E-state index < -0.39 is 0 Å². The van der Waals surface area contributed by atoms with Crippen LogP contribution in [0.1, 0.15) is 50.5 Å². The molecule has 1 spiro atoms. The van der Waals surface area contributed by atoms with Crippen LogP contribution in [-0.4, -0.2) is 28.9 Å². The predicted octanol–water partition coefficient (Wildman–Crippen LogP) is 2.33. The third-order valence-corrected chi connectivity index (χ3v) is 4.94. The van der Waals surface area contributed by atoms with E-state index in [-0.39, 0.29) is 23.9 Å². The van der Waals surface area contributed by atoms with Gasteiger partial charge in [-0.1, -0.05) is 25.7 Å². The smallest absolute Gasteiger partial charge is 0.260 e. The summed E-state index contributed by atoms with van der Waals surface area (Å²) in [6, 6.07) is 9.02. The van der Waals surface area contributed by atoms with Gasteiger partial charge in [0, 0.05) is 5.69 Å². The Morgan fingerprint density at radius 1 is 1.21 bits per heavy atom. The summed E-state index contributed by atoms with van der Waals surface area (Å²) in [4.78, 5) is 24.6. The number of nitrogens with one attached hydrogen (secondary N) is 2. The van der Waals surface area contributed by atoms with Gasteiger partial charge in [0.15, 0.2) is 0 Å². The molecule has 2 N–H and O–H groups in total. The van der Waals surface area contributed by atoms with Crippen molar-refractivity contribution in [3.8, 4) is 6.07 Å². The first-order chi connectivity index (χ1) is 11.6. The van der Waals surface area contributed by atoms with Crippen LogP contribution in [0.25, 0.3) is 0 Å². The number of carbonyl (C=O) groups excluding carboxylic acids is 2. The fourth-order valence-electron chi connectivity index (χ4n) is 3.69. The highest BCUT2D eigenvalue weighted by atomic mass is 16.2. The molecule has 6 nitrogen and oxygen atoms in total. The van der Waals surface area contributed by atoms with Gasteiger partial charge in [0.25, 0.3) is 5.91 Å². The Balaban J connectivity index is 1.66. The molecule has 126 valence electrons. The molecular formula is C18H22N4O2. The molecule has 1 aromatic carbocycles. The van der Waals surface area contributed by atoms with Crippen LogP contribution in [0, 0.1) is 11.3 Å². The Bertz CT molecular complexity index is 655. The summed E-state index contributed by atoms with van der Waals surface area (Å²) in [5, 5.41) is 13.5. The molecule has 1 aliphatic carbocycles. The first-order valence-electron chi connectivity index (χ1n) is 8.50. The molecule has 0 bridgehead atoms. The minimum Gasteiger partial charge on any atom is -0.376 e. The van der Waals surface area contributed by atoms with Gasteiger partial charge >= 0.3 is 0 Å². The minimum atomic E-state index is -0.350. The zero-order chi connectivity index (χ0) is 17.0. The zero-order valence-corrected chi connectivity index (χ0v) is 13.7. The van der Waals surface area contributed by atoms with Crippen LogP contribution in [0.2, 0.25) is 0 Å². The van der Waals surface area contributed by atoms with Crippen LogP contribution < -0.4 is 10.7 Å². The van der Waals surface area contributed by atoms with E-state index in [4.69, 9.17) is 5.26 Å². The van der Waals surface area contributed by atoms with Gasteiger partial charge in [-0.2, -0.15) is 5.26 Å². The number of hydrogen-bond donors (Lipinski definition) is 2. The van der Waals surface area contributed by atoms with E-state index in [0.717, 1.165) is 31.4 Å². The van der Waals surface area contributed by atoms with Gasteiger partial charge in [-0.25, -0.2) is 5.01 Å². The summed E-state index contributed by atoms with van der Waals surface area (Å²) in [6.45, 7) is 0.119. The van der Waals surface area contributed by atoms with Crippen molar-refractivity contribution in [2.45, 2.75) is 50.5 Å². The maximum absolute atomic E-state index is 12.7. The van der Waals surface area contributed by atoms with E-state index in [1.807, 2.05) is 0 Å². The number of nitriles is 1. The molecule has 1 saturated carbocycles. The van der Waals surface area contributed by atoms with Gasteiger partial charge in [-0.15, -0.1) is 0 Å². The number of carbonyl (C=O) groups is 2. The monoisotopic (exact) mass is 326 g/mol.